The van der Waals surface area contributed by atoms with Crippen molar-refractivity contribution in [3.63, 3.8) is 0 Å². The summed E-state index contributed by atoms with van der Waals surface area (Å²) in [5.41, 5.74) is 3.77. The van der Waals surface area contributed by atoms with Gasteiger partial charge >= 0.3 is 0 Å². The Morgan fingerprint density at radius 1 is 1.04 bits per heavy atom. The van der Waals surface area contributed by atoms with Crippen LogP contribution in [0.15, 0.2) is 48.5 Å². The smallest absolute Gasteiger partial charge is 0.0998 e. The van der Waals surface area contributed by atoms with E-state index in [1.54, 1.807) is 0 Å². The van der Waals surface area contributed by atoms with E-state index in [-0.39, 0.29) is 0 Å². The molecule has 3 rings (SSSR count). The van der Waals surface area contributed by atoms with Crippen LogP contribution in [0.3, 0.4) is 0 Å². The average Bonchev–Trinajstić information content (AvgIpc) is 2.61. The fourth-order valence-corrected chi connectivity index (χ4v) is 3.13. The Kier molecular flexibility index (Phi) is 5.00. The van der Waals surface area contributed by atoms with Crippen LogP contribution in [0.25, 0.3) is 11.6 Å². The first kappa shape index (κ1) is 15.6. The highest BCUT2D eigenvalue weighted by molar-refractivity contribution is 6.30. The molecule has 0 N–H and O–H groups in total. The van der Waals surface area contributed by atoms with E-state index in [0.29, 0.717) is 10.6 Å². The molecule has 1 saturated heterocycles. The molecule has 0 spiro atoms. The Bertz CT molecular complexity index is 735. The Balaban J connectivity index is 1.82. The van der Waals surface area contributed by atoms with Crippen molar-refractivity contribution in [2.75, 3.05) is 18.0 Å². The number of benzene rings is 2. The molecule has 2 aromatic rings. The van der Waals surface area contributed by atoms with Crippen molar-refractivity contribution in [3.8, 4) is 6.07 Å². The quantitative estimate of drug-likeness (QED) is 0.559. The van der Waals surface area contributed by atoms with Crippen LogP contribution in [0.2, 0.25) is 5.02 Å². The third-order valence-corrected chi connectivity index (χ3v) is 4.42. The van der Waals surface area contributed by atoms with Crippen LogP contribution in [-0.2, 0) is 0 Å². The van der Waals surface area contributed by atoms with Crippen LogP contribution >= 0.6 is 11.6 Å². The molecule has 0 bridgehead atoms. The standard InChI is InChI=1S/C20H19ClN2/c21-19-6-4-5-17(14-19)18(15-22)13-16-7-9-20(10-8-16)23-11-2-1-3-12-23/h4-10,13-14H,1-3,11-12H2/b18-13+. The lowest BCUT2D eigenvalue weighted by molar-refractivity contribution is 0.578. The van der Waals surface area contributed by atoms with Crippen LogP contribution in [0.1, 0.15) is 30.4 Å². The maximum absolute atomic E-state index is 9.42. The van der Waals surface area contributed by atoms with Crippen molar-refractivity contribution in [2.24, 2.45) is 0 Å². The zero-order valence-corrected chi connectivity index (χ0v) is 13.8. The van der Waals surface area contributed by atoms with Gasteiger partial charge in [0.25, 0.3) is 0 Å². The number of nitrogens with zero attached hydrogens (tertiary/aromatic N) is 2. The third-order valence-electron chi connectivity index (χ3n) is 4.18. The van der Waals surface area contributed by atoms with Crippen LogP contribution < -0.4 is 4.90 Å². The van der Waals surface area contributed by atoms with Gasteiger partial charge < -0.3 is 4.90 Å². The van der Waals surface area contributed by atoms with Crippen molar-refractivity contribution in [1.82, 2.24) is 0 Å². The predicted octanol–water partition coefficient (Wildman–Crippen LogP) is 5.39. The number of hydrogen-bond donors (Lipinski definition) is 0. The topological polar surface area (TPSA) is 27.0 Å². The minimum Gasteiger partial charge on any atom is -0.372 e. The summed E-state index contributed by atoms with van der Waals surface area (Å²) in [4.78, 5) is 2.43. The predicted molar refractivity (Wildman–Crippen MR) is 97.4 cm³/mol. The minimum absolute atomic E-state index is 0.623. The first-order chi connectivity index (χ1) is 11.3. The van der Waals surface area contributed by atoms with Crippen LogP contribution in [-0.4, -0.2) is 13.1 Å². The van der Waals surface area contributed by atoms with Gasteiger partial charge in [-0.3, -0.25) is 0 Å². The van der Waals surface area contributed by atoms with E-state index in [1.807, 2.05) is 30.3 Å². The molecule has 1 fully saturated rings. The van der Waals surface area contributed by atoms with Gasteiger partial charge in [-0.1, -0.05) is 35.9 Å². The zero-order chi connectivity index (χ0) is 16.1. The van der Waals surface area contributed by atoms with Gasteiger partial charge in [0.2, 0.25) is 0 Å². The molecule has 0 aliphatic carbocycles. The first-order valence-corrected chi connectivity index (χ1v) is 8.37. The van der Waals surface area contributed by atoms with E-state index >= 15 is 0 Å². The molecular formula is C20H19ClN2. The van der Waals surface area contributed by atoms with Gasteiger partial charge in [-0.05, 0) is 60.7 Å². The summed E-state index contributed by atoms with van der Waals surface area (Å²) in [6.45, 7) is 2.28. The summed E-state index contributed by atoms with van der Waals surface area (Å²) in [6, 6.07) is 18.1. The van der Waals surface area contributed by atoms with Crippen molar-refractivity contribution < 1.29 is 0 Å². The zero-order valence-electron chi connectivity index (χ0n) is 13.0. The molecule has 0 amide bonds. The normalized spacial score (nSPS) is 15.3. The molecule has 0 unspecified atom stereocenters. The highest BCUT2D eigenvalue weighted by Crippen LogP contribution is 2.24. The molecule has 1 aliphatic rings. The molecule has 1 aliphatic heterocycles. The lowest BCUT2D eigenvalue weighted by Crippen LogP contribution is -2.29. The third kappa shape index (κ3) is 3.94. The lowest BCUT2D eigenvalue weighted by atomic mass is 10.0. The van der Waals surface area contributed by atoms with E-state index < -0.39 is 0 Å². The van der Waals surface area contributed by atoms with Crippen LogP contribution in [0.5, 0.6) is 0 Å². The second kappa shape index (κ2) is 7.35. The van der Waals surface area contributed by atoms with E-state index in [1.165, 1.54) is 24.9 Å². The number of nitriles is 1. The van der Waals surface area contributed by atoms with Crippen molar-refractivity contribution in [2.45, 2.75) is 19.3 Å². The molecule has 116 valence electrons. The van der Waals surface area contributed by atoms with Gasteiger partial charge in [-0.15, -0.1) is 0 Å². The van der Waals surface area contributed by atoms with Gasteiger partial charge in [0.15, 0.2) is 0 Å². The van der Waals surface area contributed by atoms with Gasteiger partial charge in [0.05, 0.1) is 11.6 Å². The maximum Gasteiger partial charge on any atom is 0.0998 e. The molecular weight excluding hydrogens is 304 g/mol. The van der Waals surface area contributed by atoms with E-state index in [4.69, 9.17) is 11.6 Å². The Morgan fingerprint density at radius 3 is 2.43 bits per heavy atom. The van der Waals surface area contributed by atoms with Gasteiger partial charge in [-0.2, -0.15) is 5.26 Å². The van der Waals surface area contributed by atoms with Crippen molar-refractivity contribution in [1.29, 1.82) is 5.26 Å². The molecule has 23 heavy (non-hydrogen) atoms. The van der Waals surface area contributed by atoms with Gasteiger partial charge in [-0.25, -0.2) is 0 Å². The number of rotatable bonds is 3. The minimum atomic E-state index is 0.623. The SMILES string of the molecule is N#C/C(=C\c1ccc(N2CCCCC2)cc1)c1cccc(Cl)c1. The fourth-order valence-electron chi connectivity index (χ4n) is 2.94. The molecule has 1 heterocycles. The Hall–Kier alpha value is -2.24. The first-order valence-electron chi connectivity index (χ1n) is 7.99. The average molecular weight is 323 g/mol. The summed E-state index contributed by atoms with van der Waals surface area (Å²) >= 11 is 6.01. The summed E-state index contributed by atoms with van der Waals surface area (Å²) < 4.78 is 0. The highest BCUT2D eigenvalue weighted by Gasteiger charge is 2.10. The summed E-state index contributed by atoms with van der Waals surface area (Å²) in [6.07, 6.45) is 5.79. The molecule has 2 aromatic carbocycles. The second-order valence-corrected chi connectivity index (χ2v) is 6.26. The molecule has 0 aromatic heterocycles. The number of allylic oxidation sites excluding steroid dienone is 1. The monoisotopic (exact) mass is 322 g/mol. The number of anilines is 1. The fraction of sp³-hybridized carbons (Fsp3) is 0.250. The van der Waals surface area contributed by atoms with Crippen LogP contribution in [0, 0.1) is 11.3 Å². The van der Waals surface area contributed by atoms with E-state index in [9.17, 15) is 5.26 Å². The van der Waals surface area contributed by atoms with Gasteiger partial charge in [0.1, 0.15) is 0 Å². The lowest BCUT2D eigenvalue weighted by Gasteiger charge is -2.28. The van der Waals surface area contributed by atoms with E-state index in [0.717, 1.165) is 24.2 Å². The van der Waals surface area contributed by atoms with Crippen LogP contribution in [0.4, 0.5) is 5.69 Å². The van der Waals surface area contributed by atoms with Crippen molar-refractivity contribution in [3.05, 3.63) is 64.7 Å². The molecule has 0 radical (unpaired) electrons. The molecule has 0 atom stereocenters. The Labute approximate surface area is 142 Å². The molecule has 0 saturated carbocycles. The number of halogens is 1. The highest BCUT2D eigenvalue weighted by atomic mass is 35.5. The maximum atomic E-state index is 9.42. The summed E-state index contributed by atoms with van der Waals surface area (Å²) in [5.74, 6) is 0. The second-order valence-electron chi connectivity index (χ2n) is 5.82. The molecule has 2 nitrogen and oxygen atoms in total. The Morgan fingerprint density at radius 2 is 1.78 bits per heavy atom. The summed E-state index contributed by atoms with van der Waals surface area (Å²) in [5, 5.41) is 10.1. The summed E-state index contributed by atoms with van der Waals surface area (Å²) in [7, 11) is 0. The van der Waals surface area contributed by atoms with E-state index in [2.05, 4.69) is 35.2 Å². The van der Waals surface area contributed by atoms with Crippen molar-refractivity contribution >= 4 is 28.9 Å². The molecule has 3 heteroatoms. The van der Waals surface area contributed by atoms with Gasteiger partial charge in [0, 0.05) is 23.8 Å². The number of hydrogen-bond acceptors (Lipinski definition) is 2. The largest absolute Gasteiger partial charge is 0.372 e. The number of piperidine rings is 1.